The van der Waals surface area contributed by atoms with E-state index in [0.29, 0.717) is 5.56 Å². The van der Waals surface area contributed by atoms with Gasteiger partial charge in [0, 0.05) is 22.4 Å². The molecular formula is C25H24BrFO3. The second-order valence-corrected chi connectivity index (χ2v) is 9.25. The molecule has 1 aliphatic carbocycles. The van der Waals surface area contributed by atoms with Crippen LogP contribution in [-0.4, -0.2) is 23.0 Å². The topological polar surface area (TPSA) is 43.4 Å². The molecule has 0 spiro atoms. The third-order valence-electron chi connectivity index (χ3n) is 4.85. The minimum atomic E-state index is -2.48. The van der Waals surface area contributed by atoms with Crippen molar-refractivity contribution < 1.29 is 18.7 Å². The fourth-order valence-corrected chi connectivity index (χ4v) is 3.72. The van der Waals surface area contributed by atoms with E-state index in [1.807, 2.05) is 30.3 Å². The number of ketones is 1. The number of halogens is 2. The molecule has 0 saturated heterocycles. The molecule has 2 atom stereocenters. The van der Waals surface area contributed by atoms with E-state index >= 15 is 4.39 Å². The maximum absolute atomic E-state index is 16.7. The first-order valence-corrected chi connectivity index (χ1v) is 10.5. The van der Waals surface area contributed by atoms with E-state index in [2.05, 4.69) is 15.9 Å². The molecule has 2 aromatic rings. The summed E-state index contributed by atoms with van der Waals surface area (Å²) in [5.74, 6) is -2.17. The number of hydrogen-bond donors (Lipinski definition) is 0. The highest BCUT2D eigenvalue weighted by Gasteiger charge is 2.54. The highest BCUT2D eigenvalue weighted by molar-refractivity contribution is 9.10. The van der Waals surface area contributed by atoms with Crippen LogP contribution in [0.25, 0.3) is 6.08 Å². The van der Waals surface area contributed by atoms with Gasteiger partial charge in [0.15, 0.2) is 5.78 Å². The average molecular weight is 471 g/mol. The number of allylic oxidation sites excluding steroid dienone is 2. The molecule has 0 N–H and O–H groups in total. The molecule has 2 aromatic carbocycles. The molecule has 0 saturated carbocycles. The van der Waals surface area contributed by atoms with Gasteiger partial charge in [-0.15, -0.1) is 0 Å². The summed E-state index contributed by atoms with van der Waals surface area (Å²) in [5, 5.41) is 0. The van der Waals surface area contributed by atoms with Gasteiger partial charge in [-0.1, -0.05) is 70.5 Å². The van der Waals surface area contributed by atoms with Crippen molar-refractivity contribution in [2.75, 3.05) is 0 Å². The monoisotopic (exact) mass is 470 g/mol. The fourth-order valence-electron chi connectivity index (χ4n) is 3.46. The summed E-state index contributed by atoms with van der Waals surface area (Å²) in [7, 11) is 0. The van der Waals surface area contributed by atoms with Crippen molar-refractivity contribution in [3.8, 4) is 0 Å². The maximum atomic E-state index is 16.7. The Kier molecular flexibility index (Phi) is 6.41. The smallest absolute Gasteiger partial charge is 0.349 e. The zero-order chi connectivity index (χ0) is 21.9. The van der Waals surface area contributed by atoms with Crippen molar-refractivity contribution in [2.24, 2.45) is 0 Å². The summed E-state index contributed by atoms with van der Waals surface area (Å²) in [6, 6.07) is 16.3. The first-order chi connectivity index (χ1) is 14.1. The first-order valence-electron chi connectivity index (χ1n) is 9.75. The average Bonchev–Trinajstić information content (AvgIpc) is 2.69. The van der Waals surface area contributed by atoms with E-state index in [9.17, 15) is 9.59 Å². The fraction of sp³-hybridized carbons (Fsp3) is 0.280. The van der Waals surface area contributed by atoms with Crippen LogP contribution in [0.15, 0.2) is 76.8 Å². The van der Waals surface area contributed by atoms with Crippen LogP contribution in [0.5, 0.6) is 0 Å². The highest BCUT2D eigenvalue weighted by atomic mass is 79.9. The summed E-state index contributed by atoms with van der Waals surface area (Å²) in [6.07, 6.45) is 4.31. The minimum absolute atomic E-state index is 0.00442. The molecule has 1 aliphatic rings. The molecule has 0 amide bonds. The SMILES string of the molecule is CC(C)(C)OC(=O)[C@@]1(F)C(/C=C/c2ccc(Br)cc2)=CC(=O)C[C@H]1c1ccccc1. The van der Waals surface area contributed by atoms with E-state index in [1.54, 1.807) is 51.1 Å². The number of rotatable bonds is 4. The largest absolute Gasteiger partial charge is 0.457 e. The van der Waals surface area contributed by atoms with Gasteiger partial charge in [-0.3, -0.25) is 4.79 Å². The maximum Gasteiger partial charge on any atom is 0.349 e. The van der Waals surface area contributed by atoms with Crippen molar-refractivity contribution >= 4 is 33.8 Å². The van der Waals surface area contributed by atoms with Crippen LogP contribution in [0.3, 0.4) is 0 Å². The van der Waals surface area contributed by atoms with E-state index < -0.39 is 23.2 Å². The van der Waals surface area contributed by atoms with Gasteiger partial charge in [-0.25, -0.2) is 9.18 Å². The molecule has 0 unspecified atom stereocenters. The van der Waals surface area contributed by atoms with E-state index in [1.165, 1.54) is 12.2 Å². The molecule has 3 rings (SSSR count). The molecular weight excluding hydrogens is 447 g/mol. The third kappa shape index (κ3) is 4.96. The number of carbonyl (C=O) groups is 2. The second kappa shape index (κ2) is 8.68. The highest BCUT2D eigenvalue weighted by Crippen LogP contribution is 2.45. The molecule has 156 valence electrons. The van der Waals surface area contributed by atoms with E-state index in [0.717, 1.165) is 10.0 Å². The summed E-state index contributed by atoms with van der Waals surface area (Å²) in [6.45, 7) is 5.09. The van der Waals surface area contributed by atoms with Gasteiger partial charge < -0.3 is 4.74 Å². The van der Waals surface area contributed by atoms with E-state index in [-0.39, 0.29) is 17.8 Å². The number of carbonyl (C=O) groups excluding carboxylic acids is 2. The van der Waals surface area contributed by atoms with Gasteiger partial charge in [0.1, 0.15) is 5.60 Å². The van der Waals surface area contributed by atoms with Crippen LogP contribution in [0, 0.1) is 0 Å². The Morgan fingerprint density at radius 1 is 1.10 bits per heavy atom. The zero-order valence-electron chi connectivity index (χ0n) is 17.2. The summed E-state index contributed by atoms with van der Waals surface area (Å²) in [5.41, 5.74) is -1.93. The Morgan fingerprint density at radius 2 is 1.73 bits per heavy atom. The van der Waals surface area contributed by atoms with Gasteiger partial charge in [0.25, 0.3) is 0 Å². The Labute approximate surface area is 184 Å². The van der Waals surface area contributed by atoms with Crippen LogP contribution < -0.4 is 0 Å². The van der Waals surface area contributed by atoms with Crippen molar-refractivity contribution in [1.29, 1.82) is 0 Å². The van der Waals surface area contributed by atoms with Gasteiger partial charge in [-0.05, 0) is 50.1 Å². The molecule has 0 heterocycles. The van der Waals surface area contributed by atoms with Gasteiger partial charge in [0.05, 0.1) is 0 Å². The molecule has 0 aromatic heterocycles. The predicted molar refractivity (Wildman–Crippen MR) is 120 cm³/mol. The number of esters is 1. The number of benzene rings is 2. The molecule has 0 fully saturated rings. The number of hydrogen-bond acceptors (Lipinski definition) is 3. The Bertz CT molecular complexity index is 987. The Hall–Kier alpha value is -2.53. The zero-order valence-corrected chi connectivity index (χ0v) is 18.8. The van der Waals surface area contributed by atoms with Gasteiger partial charge in [-0.2, -0.15) is 0 Å². The third-order valence-corrected chi connectivity index (χ3v) is 5.37. The predicted octanol–water partition coefficient (Wildman–Crippen LogP) is 6.20. The lowest BCUT2D eigenvalue weighted by atomic mass is 9.71. The van der Waals surface area contributed by atoms with Crippen LogP contribution in [0.4, 0.5) is 4.39 Å². The van der Waals surface area contributed by atoms with Crippen LogP contribution in [0.2, 0.25) is 0 Å². The van der Waals surface area contributed by atoms with Crippen molar-refractivity contribution in [3.05, 3.63) is 87.9 Å². The lowest BCUT2D eigenvalue weighted by molar-refractivity contribution is -0.168. The molecule has 0 aliphatic heterocycles. The Balaban J connectivity index is 2.08. The summed E-state index contributed by atoms with van der Waals surface area (Å²) >= 11 is 3.38. The van der Waals surface area contributed by atoms with Gasteiger partial charge in [0.2, 0.25) is 5.67 Å². The first kappa shape index (κ1) is 22.2. The normalized spacial score (nSPS) is 22.1. The summed E-state index contributed by atoms with van der Waals surface area (Å²) < 4.78 is 23.1. The molecule has 5 heteroatoms. The lowest BCUT2D eigenvalue weighted by Crippen LogP contribution is -2.48. The molecule has 3 nitrogen and oxygen atoms in total. The second-order valence-electron chi connectivity index (χ2n) is 8.33. The Morgan fingerprint density at radius 3 is 2.33 bits per heavy atom. The molecule has 30 heavy (non-hydrogen) atoms. The quantitative estimate of drug-likeness (QED) is 0.499. The lowest BCUT2D eigenvalue weighted by Gasteiger charge is -2.37. The van der Waals surface area contributed by atoms with Gasteiger partial charge >= 0.3 is 5.97 Å². The summed E-state index contributed by atoms with van der Waals surface area (Å²) in [4.78, 5) is 25.6. The molecule has 0 radical (unpaired) electrons. The van der Waals surface area contributed by atoms with Crippen molar-refractivity contribution in [3.63, 3.8) is 0 Å². The number of ether oxygens (including phenoxy) is 1. The van der Waals surface area contributed by atoms with E-state index in [4.69, 9.17) is 4.74 Å². The van der Waals surface area contributed by atoms with Crippen LogP contribution in [0.1, 0.15) is 44.2 Å². The van der Waals surface area contributed by atoms with Crippen molar-refractivity contribution in [2.45, 2.75) is 44.4 Å². The van der Waals surface area contributed by atoms with Crippen LogP contribution in [-0.2, 0) is 14.3 Å². The van der Waals surface area contributed by atoms with Crippen LogP contribution >= 0.6 is 15.9 Å². The van der Waals surface area contributed by atoms with Crippen molar-refractivity contribution in [1.82, 2.24) is 0 Å². The number of alkyl halides is 1. The minimum Gasteiger partial charge on any atom is -0.457 e. The molecule has 0 bridgehead atoms. The standard InChI is InChI=1S/C25H24BrFO3/c1-24(2,3)30-23(29)25(27)19(12-9-17-10-13-20(26)14-11-17)15-21(28)16-22(25)18-7-5-4-6-8-18/h4-15,22H,16H2,1-3H3/b12-9+/t22-,25+/m0/s1.